The SMILES string of the molecule is COC(OC)c1cccc(-c2ccc(C)cc2)c1. The van der Waals surface area contributed by atoms with Crippen molar-refractivity contribution in [2.75, 3.05) is 14.2 Å². The van der Waals surface area contributed by atoms with Gasteiger partial charge in [-0.3, -0.25) is 0 Å². The van der Waals surface area contributed by atoms with E-state index in [1.807, 2.05) is 12.1 Å². The Morgan fingerprint density at radius 2 is 1.50 bits per heavy atom. The number of hydrogen-bond acceptors (Lipinski definition) is 2. The van der Waals surface area contributed by atoms with Crippen LogP contribution in [0.1, 0.15) is 17.4 Å². The molecule has 2 aromatic rings. The monoisotopic (exact) mass is 242 g/mol. The molecule has 0 heterocycles. The van der Waals surface area contributed by atoms with Gasteiger partial charge in [0.1, 0.15) is 0 Å². The van der Waals surface area contributed by atoms with Gasteiger partial charge in [-0.05, 0) is 24.1 Å². The van der Waals surface area contributed by atoms with Crippen molar-refractivity contribution in [3.63, 3.8) is 0 Å². The number of ether oxygens (including phenoxy) is 2. The van der Waals surface area contributed by atoms with E-state index < -0.39 is 0 Å². The lowest BCUT2D eigenvalue weighted by atomic mass is 10.0. The van der Waals surface area contributed by atoms with Crippen LogP contribution in [0.5, 0.6) is 0 Å². The maximum Gasteiger partial charge on any atom is 0.183 e. The van der Waals surface area contributed by atoms with Crippen LogP contribution in [0.3, 0.4) is 0 Å². The second-order valence-corrected chi connectivity index (χ2v) is 4.29. The predicted molar refractivity (Wildman–Crippen MR) is 73.4 cm³/mol. The van der Waals surface area contributed by atoms with Crippen molar-refractivity contribution in [1.82, 2.24) is 0 Å². The molecule has 94 valence electrons. The minimum absolute atomic E-state index is 0.310. The zero-order chi connectivity index (χ0) is 13.0. The molecule has 2 rings (SSSR count). The van der Waals surface area contributed by atoms with Gasteiger partial charge in [-0.2, -0.15) is 0 Å². The summed E-state index contributed by atoms with van der Waals surface area (Å²) in [5.74, 6) is 0. The Hall–Kier alpha value is -1.64. The van der Waals surface area contributed by atoms with E-state index in [0.717, 1.165) is 5.56 Å². The molecule has 0 atom stereocenters. The molecule has 0 saturated carbocycles. The van der Waals surface area contributed by atoms with Crippen molar-refractivity contribution < 1.29 is 9.47 Å². The number of methoxy groups -OCH3 is 2. The molecule has 0 unspecified atom stereocenters. The Morgan fingerprint density at radius 1 is 0.833 bits per heavy atom. The van der Waals surface area contributed by atoms with Crippen LogP contribution in [-0.2, 0) is 9.47 Å². The van der Waals surface area contributed by atoms with Gasteiger partial charge < -0.3 is 9.47 Å². The first-order valence-corrected chi connectivity index (χ1v) is 5.97. The Balaban J connectivity index is 2.34. The van der Waals surface area contributed by atoms with Crippen LogP contribution in [0.2, 0.25) is 0 Å². The van der Waals surface area contributed by atoms with E-state index in [1.54, 1.807) is 14.2 Å². The smallest absolute Gasteiger partial charge is 0.183 e. The Labute approximate surface area is 108 Å². The molecule has 0 aliphatic rings. The maximum absolute atomic E-state index is 5.27. The zero-order valence-electron chi connectivity index (χ0n) is 11.0. The van der Waals surface area contributed by atoms with Crippen LogP contribution in [-0.4, -0.2) is 14.2 Å². The van der Waals surface area contributed by atoms with Crippen molar-refractivity contribution in [1.29, 1.82) is 0 Å². The van der Waals surface area contributed by atoms with E-state index in [1.165, 1.54) is 16.7 Å². The number of rotatable bonds is 4. The highest BCUT2D eigenvalue weighted by atomic mass is 16.7. The average molecular weight is 242 g/mol. The van der Waals surface area contributed by atoms with Crippen molar-refractivity contribution in [2.24, 2.45) is 0 Å². The topological polar surface area (TPSA) is 18.5 Å². The summed E-state index contributed by atoms with van der Waals surface area (Å²) in [5, 5.41) is 0. The lowest BCUT2D eigenvalue weighted by Crippen LogP contribution is -2.03. The standard InChI is InChI=1S/C16H18O2/c1-12-7-9-13(10-8-12)14-5-4-6-15(11-14)16(17-2)18-3/h4-11,16H,1-3H3. The van der Waals surface area contributed by atoms with Crippen LogP contribution in [0.15, 0.2) is 48.5 Å². The largest absolute Gasteiger partial charge is 0.352 e. The molecular formula is C16H18O2. The Kier molecular flexibility index (Phi) is 4.13. The van der Waals surface area contributed by atoms with E-state index in [9.17, 15) is 0 Å². The molecule has 0 aliphatic heterocycles. The summed E-state index contributed by atoms with van der Waals surface area (Å²) >= 11 is 0. The van der Waals surface area contributed by atoms with Crippen LogP contribution >= 0.6 is 0 Å². The highest BCUT2D eigenvalue weighted by molar-refractivity contribution is 5.64. The molecule has 2 nitrogen and oxygen atoms in total. The Morgan fingerprint density at radius 3 is 2.11 bits per heavy atom. The van der Waals surface area contributed by atoms with E-state index in [4.69, 9.17) is 9.47 Å². The third-order valence-electron chi connectivity index (χ3n) is 2.97. The molecule has 18 heavy (non-hydrogen) atoms. The van der Waals surface area contributed by atoms with Crippen LogP contribution in [0.25, 0.3) is 11.1 Å². The lowest BCUT2D eigenvalue weighted by Gasteiger charge is -2.14. The fourth-order valence-corrected chi connectivity index (χ4v) is 1.98. The minimum atomic E-state index is -0.310. The highest BCUT2D eigenvalue weighted by Crippen LogP contribution is 2.25. The summed E-state index contributed by atoms with van der Waals surface area (Å²) in [5.41, 5.74) is 4.67. The molecular weight excluding hydrogens is 224 g/mol. The molecule has 2 heteroatoms. The lowest BCUT2D eigenvalue weighted by molar-refractivity contribution is -0.105. The molecule has 0 N–H and O–H groups in total. The average Bonchev–Trinajstić information content (AvgIpc) is 2.41. The van der Waals surface area contributed by atoms with Gasteiger partial charge in [-0.25, -0.2) is 0 Å². The van der Waals surface area contributed by atoms with Gasteiger partial charge in [0, 0.05) is 19.8 Å². The fraction of sp³-hybridized carbons (Fsp3) is 0.250. The highest BCUT2D eigenvalue weighted by Gasteiger charge is 2.09. The molecule has 0 saturated heterocycles. The fourth-order valence-electron chi connectivity index (χ4n) is 1.98. The zero-order valence-corrected chi connectivity index (χ0v) is 11.0. The first kappa shape index (κ1) is 12.8. The van der Waals surface area contributed by atoms with Crippen molar-refractivity contribution in [3.8, 4) is 11.1 Å². The Bertz CT molecular complexity index is 499. The summed E-state index contributed by atoms with van der Waals surface area (Å²) in [4.78, 5) is 0. The van der Waals surface area contributed by atoms with E-state index in [2.05, 4.69) is 43.3 Å². The van der Waals surface area contributed by atoms with Gasteiger partial charge in [0.15, 0.2) is 6.29 Å². The molecule has 2 aromatic carbocycles. The third kappa shape index (κ3) is 2.78. The molecule has 0 aliphatic carbocycles. The van der Waals surface area contributed by atoms with Gasteiger partial charge in [0.2, 0.25) is 0 Å². The number of benzene rings is 2. The van der Waals surface area contributed by atoms with Gasteiger partial charge >= 0.3 is 0 Å². The molecule has 0 fully saturated rings. The van der Waals surface area contributed by atoms with Crippen molar-refractivity contribution >= 4 is 0 Å². The summed E-state index contributed by atoms with van der Waals surface area (Å²) < 4.78 is 10.5. The van der Waals surface area contributed by atoms with E-state index in [0.29, 0.717) is 0 Å². The second-order valence-electron chi connectivity index (χ2n) is 4.29. The molecule has 0 radical (unpaired) electrons. The van der Waals surface area contributed by atoms with Gasteiger partial charge in [-0.1, -0.05) is 48.0 Å². The van der Waals surface area contributed by atoms with E-state index >= 15 is 0 Å². The molecule has 0 amide bonds. The molecule has 0 spiro atoms. The van der Waals surface area contributed by atoms with Gasteiger partial charge in [0.05, 0.1) is 0 Å². The summed E-state index contributed by atoms with van der Waals surface area (Å²) in [7, 11) is 3.29. The number of aryl methyl sites for hydroxylation is 1. The normalized spacial score (nSPS) is 10.9. The van der Waals surface area contributed by atoms with Crippen LogP contribution in [0, 0.1) is 6.92 Å². The first-order valence-electron chi connectivity index (χ1n) is 5.97. The number of hydrogen-bond donors (Lipinski definition) is 0. The van der Waals surface area contributed by atoms with Crippen molar-refractivity contribution in [2.45, 2.75) is 13.2 Å². The second kappa shape index (κ2) is 5.80. The van der Waals surface area contributed by atoms with Crippen LogP contribution < -0.4 is 0 Å². The summed E-state index contributed by atoms with van der Waals surface area (Å²) in [6.07, 6.45) is -0.310. The van der Waals surface area contributed by atoms with E-state index in [-0.39, 0.29) is 6.29 Å². The molecule has 0 aromatic heterocycles. The third-order valence-corrected chi connectivity index (χ3v) is 2.97. The summed E-state index contributed by atoms with van der Waals surface area (Å²) in [6.45, 7) is 2.09. The quantitative estimate of drug-likeness (QED) is 0.756. The summed E-state index contributed by atoms with van der Waals surface area (Å²) in [6, 6.07) is 16.7. The van der Waals surface area contributed by atoms with Gasteiger partial charge in [0.25, 0.3) is 0 Å². The van der Waals surface area contributed by atoms with Crippen LogP contribution in [0.4, 0.5) is 0 Å². The predicted octanol–water partition coefficient (Wildman–Crippen LogP) is 3.95. The first-order chi connectivity index (χ1) is 8.74. The van der Waals surface area contributed by atoms with Crippen molar-refractivity contribution in [3.05, 3.63) is 59.7 Å². The molecule has 0 bridgehead atoms. The minimum Gasteiger partial charge on any atom is -0.352 e. The van der Waals surface area contributed by atoms with Gasteiger partial charge in [-0.15, -0.1) is 0 Å². The maximum atomic E-state index is 5.27.